The summed E-state index contributed by atoms with van der Waals surface area (Å²) in [5.41, 5.74) is 21.5. The van der Waals surface area contributed by atoms with Crippen molar-refractivity contribution < 1.29 is 8.83 Å². The molecule has 0 amide bonds. The van der Waals surface area contributed by atoms with Crippen LogP contribution in [0.5, 0.6) is 0 Å². The summed E-state index contributed by atoms with van der Waals surface area (Å²) >= 11 is 0. The minimum Gasteiger partial charge on any atom is -0.456 e. The topological polar surface area (TPSA) is 176 Å². The Morgan fingerprint density at radius 2 is 0.535 bits per heavy atom. The van der Waals surface area contributed by atoms with Crippen LogP contribution in [0.4, 0.5) is 0 Å². The van der Waals surface area contributed by atoms with Crippen molar-refractivity contribution in [3.8, 4) is 142 Å². The van der Waals surface area contributed by atoms with Crippen LogP contribution in [0.25, 0.3) is 224 Å². The van der Waals surface area contributed by atoms with Crippen LogP contribution in [0.2, 0.25) is 0 Å². The van der Waals surface area contributed by atoms with E-state index in [0.29, 0.717) is 58.1 Å². The minimum absolute atomic E-state index is 0.487. The molecule has 0 radical (unpaired) electrons. The largest absolute Gasteiger partial charge is 0.456 e. The molecule has 7 aromatic heterocycles. The molecule has 0 saturated carbocycles. The fourth-order valence-corrected chi connectivity index (χ4v) is 16.1. The molecule has 14 heteroatoms. The van der Waals surface area contributed by atoms with E-state index < -0.39 is 0 Å². The molecule has 14 nitrogen and oxygen atoms in total. The number of hydrogen-bond donors (Lipinski definition) is 0. The van der Waals surface area contributed by atoms with Crippen LogP contribution in [-0.2, 0) is 0 Å². The van der Waals surface area contributed by atoms with Crippen LogP contribution in [-0.4, -0.2) is 54.0 Å². The monoisotopic (exact) mass is 1460 g/mol. The molecule has 0 fully saturated rings. The van der Waals surface area contributed by atoms with Crippen LogP contribution >= 0.6 is 0 Å². The first-order valence-electron chi connectivity index (χ1n) is 37.6. The predicted molar refractivity (Wildman–Crippen MR) is 454 cm³/mol. The first-order valence-corrected chi connectivity index (χ1v) is 37.6. The molecule has 0 bridgehead atoms. The van der Waals surface area contributed by atoms with Crippen molar-refractivity contribution in [2.45, 2.75) is 0 Å². The van der Waals surface area contributed by atoms with Gasteiger partial charge in [-0.3, -0.25) is 4.57 Å². The molecule has 0 aliphatic rings. The average Bonchev–Trinajstić information content (AvgIpc) is 1.51. The second-order valence-electron chi connectivity index (χ2n) is 28.3. The molecule has 0 aliphatic carbocycles. The maximum Gasteiger partial charge on any atom is 0.238 e. The van der Waals surface area contributed by atoms with Gasteiger partial charge in [0.25, 0.3) is 0 Å². The van der Waals surface area contributed by atoms with E-state index in [-0.39, 0.29) is 0 Å². The number of para-hydroxylation sites is 1. The van der Waals surface area contributed by atoms with E-state index in [1.165, 1.54) is 0 Å². The second-order valence-corrected chi connectivity index (χ2v) is 28.3. The summed E-state index contributed by atoms with van der Waals surface area (Å²) in [6, 6.07) is 122. The molecule has 0 atom stereocenters. The Morgan fingerprint density at radius 1 is 0.219 bits per heavy atom. The van der Waals surface area contributed by atoms with Crippen LogP contribution in [0, 0.1) is 11.3 Å². The molecule has 0 saturated heterocycles. The fourth-order valence-electron chi connectivity index (χ4n) is 16.1. The predicted octanol–water partition coefficient (Wildman–Crippen LogP) is 24.4. The van der Waals surface area contributed by atoms with Crippen molar-refractivity contribution in [2.24, 2.45) is 0 Å². The molecule has 22 aromatic rings. The van der Waals surface area contributed by atoms with E-state index in [1.54, 1.807) is 0 Å². The molecule has 22 rings (SSSR count). The second kappa shape index (κ2) is 26.7. The number of benzene rings is 15. The normalized spacial score (nSPS) is 11.7. The molecular weight excluding hydrogens is 1400 g/mol. The zero-order chi connectivity index (χ0) is 75.3. The Bertz CT molecular complexity index is 7530. The maximum absolute atomic E-state index is 9.60. The van der Waals surface area contributed by atoms with Crippen molar-refractivity contribution in [1.29, 1.82) is 5.26 Å². The van der Waals surface area contributed by atoms with E-state index in [4.69, 9.17) is 53.7 Å². The van der Waals surface area contributed by atoms with Gasteiger partial charge in [-0.25, -0.2) is 34.9 Å². The molecule has 0 spiro atoms. The number of furan rings is 2. The summed E-state index contributed by atoms with van der Waals surface area (Å²) in [5, 5.41) is 17.5. The van der Waals surface area contributed by atoms with Gasteiger partial charge < -0.3 is 13.4 Å². The van der Waals surface area contributed by atoms with Gasteiger partial charge in [-0.1, -0.05) is 249 Å². The number of nitriles is 1. The Labute approximate surface area is 651 Å². The van der Waals surface area contributed by atoms with Gasteiger partial charge in [0.1, 0.15) is 22.3 Å². The van der Waals surface area contributed by atoms with Gasteiger partial charge in [-0.05, 0) is 137 Å². The van der Waals surface area contributed by atoms with Crippen molar-refractivity contribution in [3.63, 3.8) is 0 Å². The maximum atomic E-state index is 9.60. The van der Waals surface area contributed by atoms with E-state index >= 15 is 0 Å². The average molecular weight is 1460 g/mol. The molecule has 530 valence electrons. The Morgan fingerprint density at radius 3 is 0.956 bits per heavy atom. The number of hydrogen-bond acceptors (Lipinski definition) is 12. The molecule has 7 heterocycles. The standard InChI is InChI=1S/C100H58N12O2/c101-59-60-36-47-73(48-37-60)111-82-33-17-16-30-74(82)77-55-69(43-49-83(77)111)71-45-52-86-80(57-71)91-76(32-19-35-89(91)113-86)99-107-94(64-24-10-3-11-25-64)103-95(108-99)67-40-38-61(39-41-67)68-42-50-84-78(54-68)79-56-70(44-51-85(79)112(84)100-109-96(65-26-12-4-13-27-65)104-97(110-100)66-28-14-5-15-29-66)72-46-53-87-81(58-72)90-75(31-18-34-88(90)114-87)98-105-92(62-20-6-1-7-21-62)102-93(106-98)63-22-8-2-9-23-63/h1-58H. The molecule has 114 heavy (non-hydrogen) atoms. The highest BCUT2D eigenvalue weighted by Crippen LogP contribution is 2.45. The van der Waals surface area contributed by atoms with E-state index in [2.05, 4.69) is 167 Å². The highest BCUT2D eigenvalue weighted by molar-refractivity contribution is 6.16. The van der Waals surface area contributed by atoms with Gasteiger partial charge in [0, 0.05) is 93.3 Å². The number of fused-ring (bicyclic) bond motifs is 12. The summed E-state index contributed by atoms with van der Waals surface area (Å²) in [6.45, 7) is 0. The Kier molecular flexibility index (Phi) is 15.3. The lowest BCUT2D eigenvalue weighted by Gasteiger charge is -2.11. The minimum atomic E-state index is 0.487. The molecule has 0 N–H and O–H groups in total. The third kappa shape index (κ3) is 11.2. The smallest absolute Gasteiger partial charge is 0.238 e. The Balaban J connectivity index is 0.663. The van der Waals surface area contributed by atoms with Crippen molar-refractivity contribution in [3.05, 3.63) is 357 Å². The number of nitrogens with zero attached hydrogens (tertiary/aromatic N) is 12. The number of rotatable bonds is 13. The van der Waals surface area contributed by atoms with Gasteiger partial charge in [-0.15, -0.1) is 0 Å². The highest BCUT2D eigenvalue weighted by Gasteiger charge is 2.25. The summed E-state index contributed by atoms with van der Waals surface area (Å²) in [6.07, 6.45) is 0. The molecular formula is C100H58N12O2. The van der Waals surface area contributed by atoms with Crippen molar-refractivity contribution >= 4 is 87.5 Å². The first-order chi connectivity index (χ1) is 56.4. The Hall–Kier alpha value is -16.0. The SMILES string of the molecule is N#Cc1ccc(-n2c3ccccc3c3cc(-c4ccc5oc6cccc(-c7nc(-c8ccccc8)nc(-c8ccc(-c9ccc%10c(c9)c9cc(-c%11ccc%12oc%13cccc(-c%14nc(-c%15ccccc%15)nc(-c%15ccccc%15)n%14)c%13c%12c%11)ccc9n%10-c9nc(-c%10ccccc%10)nc(-c%10ccccc%10)n9)cc8)n7)c6c5c4)ccc32)cc1. The first kappa shape index (κ1) is 65.1. The van der Waals surface area contributed by atoms with Gasteiger partial charge in [0.05, 0.1) is 33.7 Å². The summed E-state index contributed by atoms with van der Waals surface area (Å²) in [4.78, 5) is 47.0. The van der Waals surface area contributed by atoms with Crippen molar-refractivity contribution in [1.82, 2.24) is 54.0 Å². The van der Waals surface area contributed by atoms with E-state index in [0.717, 1.165) is 171 Å². The third-order valence-electron chi connectivity index (χ3n) is 21.6. The van der Waals surface area contributed by atoms with Crippen LogP contribution in [0.15, 0.2) is 361 Å². The zero-order valence-corrected chi connectivity index (χ0v) is 60.7. The summed E-state index contributed by atoms with van der Waals surface area (Å²) < 4.78 is 17.8. The van der Waals surface area contributed by atoms with E-state index in [1.807, 2.05) is 200 Å². The fraction of sp³-hybridized carbons (Fsp3) is 0. The van der Waals surface area contributed by atoms with Gasteiger partial charge in [0.2, 0.25) is 5.95 Å². The van der Waals surface area contributed by atoms with Gasteiger partial charge >= 0.3 is 0 Å². The molecule has 0 aliphatic heterocycles. The van der Waals surface area contributed by atoms with Gasteiger partial charge in [-0.2, -0.15) is 15.2 Å². The summed E-state index contributed by atoms with van der Waals surface area (Å²) in [7, 11) is 0. The highest BCUT2D eigenvalue weighted by atomic mass is 16.3. The van der Waals surface area contributed by atoms with Crippen LogP contribution < -0.4 is 0 Å². The van der Waals surface area contributed by atoms with Gasteiger partial charge in [0.15, 0.2) is 46.6 Å². The lowest BCUT2D eigenvalue weighted by molar-refractivity contribution is 0.668. The van der Waals surface area contributed by atoms with Crippen LogP contribution in [0.1, 0.15) is 5.56 Å². The quantitative estimate of drug-likeness (QED) is 0.107. The lowest BCUT2D eigenvalue weighted by atomic mass is 9.98. The number of aromatic nitrogens is 11. The molecule has 15 aromatic carbocycles. The van der Waals surface area contributed by atoms with Crippen LogP contribution in [0.3, 0.4) is 0 Å². The molecule has 0 unspecified atom stereocenters. The lowest BCUT2D eigenvalue weighted by Crippen LogP contribution is -2.06. The zero-order valence-electron chi connectivity index (χ0n) is 60.7. The van der Waals surface area contributed by atoms with Crippen molar-refractivity contribution in [2.75, 3.05) is 0 Å². The van der Waals surface area contributed by atoms with E-state index in [9.17, 15) is 5.26 Å². The summed E-state index contributed by atoms with van der Waals surface area (Å²) in [5.74, 6) is 4.89. The third-order valence-corrected chi connectivity index (χ3v) is 21.6.